The number of nitrogens with one attached hydrogen (secondary N) is 1. The summed E-state index contributed by atoms with van der Waals surface area (Å²) in [5, 5.41) is 5.48. The molecule has 0 saturated heterocycles. The number of halogens is 3. The summed E-state index contributed by atoms with van der Waals surface area (Å²) in [6.45, 7) is 6.53. The fourth-order valence-corrected chi connectivity index (χ4v) is 5.44. The van der Waals surface area contributed by atoms with Gasteiger partial charge < -0.3 is 5.32 Å². The second-order valence-corrected chi connectivity index (χ2v) is 8.42. The van der Waals surface area contributed by atoms with E-state index < -0.39 is 0 Å². The highest BCUT2D eigenvalue weighted by Gasteiger charge is 2.41. The van der Waals surface area contributed by atoms with Gasteiger partial charge in [-0.05, 0) is 55.9 Å². The van der Waals surface area contributed by atoms with Gasteiger partial charge in [0, 0.05) is 11.5 Å². The van der Waals surface area contributed by atoms with Crippen LogP contribution in [-0.2, 0) is 0 Å². The number of fused-ring (bicyclic) bond motifs is 3. The highest BCUT2D eigenvalue weighted by molar-refractivity contribution is 6.44. The van der Waals surface area contributed by atoms with Crippen molar-refractivity contribution < 1.29 is 0 Å². The third kappa shape index (κ3) is 2.68. The Kier molecular flexibility index (Phi) is 4.30. The van der Waals surface area contributed by atoms with Crippen LogP contribution >= 0.6 is 34.8 Å². The Morgan fingerprint density at radius 3 is 2.28 bits per heavy atom. The minimum Gasteiger partial charge on any atom is -0.376 e. The largest absolute Gasteiger partial charge is 0.376 e. The zero-order valence-corrected chi connectivity index (χ0v) is 16.7. The van der Waals surface area contributed by atoms with Crippen LogP contribution in [0.2, 0.25) is 15.1 Å². The van der Waals surface area contributed by atoms with Crippen molar-refractivity contribution in [1.82, 2.24) is 0 Å². The van der Waals surface area contributed by atoms with Gasteiger partial charge in [0.05, 0.1) is 26.8 Å². The van der Waals surface area contributed by atoms with E-state index in [1.54, 1.807) is 6.07 Å². The molecule has 2 aromatic rings. The number of benzene rings is 2. The minimum absolute atomic E-state index is 0.211. The molecule has 4 rings (SSSR count). The second kappa shape index (κ2) is 6.23. The highest BCUT2D eigenvalue weighted by Crippen LogP contribution is 2.55. The molecule has 1 N–H and O–H groups in total. The Hall–Kier alpha value is -1.15. The lowest BCUT2D eigenvalue weighted by Crippen LogP contribution is -2.30. The fourth-order valence-electron chi connectivity index (χ4n) is 4.63. The van der Waals surface area contributed by atoms with Gasteiger partial charge in [-0.15, -0.1) is 0 Å². The van der Waals surface area contributed by atoms with Crippen LogP contribution in [0.3, 0.4) is 0 Å². The first kappa shape index (κ1) is 17.3. The standard InChI is InChI=1S/C21H20Cl3N/c1-10-7-11(2)17(12(3)8-10)20-14-6-4-5-13(14)18-19(24)15(22)9-16(23)21(18)25-20/h4-5,7-9,13-14,20,25H,6H2,1-3H3. The summed E-state index contributed by atoms with van der Waals surface area (Å²) in [6.07, 6.45) is 5.53. The van der Waals surface area contributed by atoms with Crippen LogP contribution in [0.1, 0.15) is 46.2 Å². The van der Waals surface area contributed by atoms with Crippen molar-refractivity contribution in [2.45, 2.75) is 39.2 Å². The fraction of sp³-hybridized carbons (Fsp3) is 0.333. The molecule has 0 radical (unpaired) electrons. The third-order valence-electron chi connectivity index (χ3n) is 5.53. The van der Waals surface area contributed by atoms with Gasteiger partial charge in [0.15, 0.2) is 0 Å². The van der Waals surface area contributed by atoms with Crippen molar-refractivity contribution in [3.63, 3.8) is 0 Å². The van der Waals surface area contributed by atoms with E-state index in [-0.39, 0.29) is 12.0 Å². The van der Waals surface area contributed by atoms with Crippen molar-refractivity contribution in [3.8, 4) is 0 Å². The molecule has 1 aliphatic carbocycles. The molecule has 0 aromatic heterocycles. The Morgan fingerprint density at radius 1 is 0.920 bits per heavy atom. The van der Waals surface area contributed by atoms with Gasteiger partial charge in [0.1, 0.15) is 0 Å². The summed E-state index contributed by atoms with van der Waals surface area (Å²) < 4.78 is 0. The summed E-state index contributed by atoms with van der Waals surface area (Å²) in [7, 11) is 0. The lowest BCUT2D eigenvalue weighted by atomic mass is 9.75. The maximum absolute atomic E-state index is 6.56. The average molecular weight is 393 g/mol. The van der Waals surface area contributed by atoms with E-state index in [0.29, 0.717) is 21.0 Å². The van der Waals surface area contributed by atoms with Gasteiger partial charge in [-0.25, -0.2) is 0 Å². The molecule has 25 heavy (non-hydrogen) atoms. The van der Waals surface area contributed by atoms with Gasteiger partial charge >= 0.3 is 0 Å². The Morgan fingerprint density at radius 2 is 1.60 bits per heavy atom. The van der Waals surface area contributed by atoms with Crippen molar-refractivity contribution in [3.05, 3.63) is 73.2 Å². The first-order chi connectivity index (χ1) is 11.9. The van der Waals surface area contributed by atoms with Gasteiger partial charge in [0.25, 0.3) is 0 Å². The second-order valence-electron chi connectivity index (χ2n) is 7.23. The number of hydrogen-bond acceptors (Lipinski definition) is 1. The average Bonchev–Trinajstić information content (AvgIpc) is 3.01. The van der Waals surface area contributed by atoms with Crippen molar-refractivity contribution in [2.75, 3.05) is 5.32 Å². The molecule has 0 spiro atoms. The molecule has 4 heteroatoms. The zero-order valence-electron chi connectivity index (χ0n) is 14.5. The normalized spacial score (nSPS) is 24.0. The molecule has 2 aromatic carbocycles. The van der Waals surface area contributed by atoms with Crippen molar-refractivity contribution in [1.29, 1.82) is 0 Å². The van der Waals surface area contributed by atoms with Crippen LogP contribution in [0.5, 0.6) is 0 Å². The quantitative estimate of drug-likeness (QED) is 0.394. The number of aryl methyl sites for hydroxylation is 3. The smallest absolute Gasteiger partial charge is 0.0656 e. The Labute approximate surface area is 164 Å². The maximum Gasteiger partial charge on any atom is 0.0656 e. The molecule has 3 atom stereocenters. The molecule has 0 saturated carbocycles. The van der Waals surface area contributed by atoms with E-state index in [1.165, 1.54) is 22.3 Å². The molecule has 1 heterocycles. The molecule has 1 nitrogen and oxygen atoms in total. The monoisotopic (exact) mass is 391 g/mol. The molecule has 0 fully saturated rings. The summed E-state index contributed by atoms with van der Waals surface area (Å²) in [4.78, 5) is 0. The van der Waals surface area contributed by atoms with E-state index in [4.69, 9.17) is 34.8 Å². The molecular formula is C21H20Cl3N. The van der Waals surface area contributed by atoms with Gasteiger partial charge in [-0.1, -0.05) is 64.7 Å². The number of rotatable bonds is 1. The molecule has 0 bridgehead atoms. The minimum atomic E-state index is 0.211. The van der Waals surface area contributed by atoms with E-state index in [9.17, 15) is 0 Å². The van der Waals surface area contributed by atoms with E-state index in [0.717, 1.165) is 17.7 Å². The number of hydrogen-bond donors (Lipinski definition) is 1. The van der Waals surface area contributed by atoms with E-state index in [2.05, 4.69) is 50.4 Å². The van der Waals surface area contributed by atoms with Crippen LogP contribution in [0.25, 0.3) is 0 Å². The molecule has 3 unspecified atom stereocenters. The number of anilines is 1. The summed E-state index contributed by atoms with van der Waals surface area (Å²) in [6, 6.07) is 6.46. The van der Waals surface area contributed by atoms with E-state index in [1.807, 2.05) is 0 Å². The molecule has 0 amide bonds. The summed E-state index contributed by atoms with van der Waals surface area (Å²) in [5.74, 6) is 0.657. The lowest BCUT2D eigenvalue weighted by molar-refractivity contribution is 0.423. The van der Waals surface area contributed by atoms with Crippen molar-refractivity contribution in [2.24, 2.45) is 5.92 Å². The SMILES string of the molecule is Cc1cc(C)c(C2Nc3c(Cl)cc(Cl)c(Cl)c3C3C=CCC32)c(C)c1. The van der Waals surface area contributed by atoms with Crippen LogP contribution < -0.4 is 5.32 Å². The van der Waals surface area contributed by atoms with Gasteiger partial charge in [-0.2, -0.15) is 0 Å². The van der Waals surface area contributed by atoms with Crippen molar-refractivity contribution >= 4 is 40.5 Å². The first-order valence-electron chi connectivity index (χ1n) is 8.56. The highest BCUT2D eigenvalue weighted by atomic mass is 35.5. The molecular weight excluding hydrogens is 373 g/mol. The van der Waals surface area contributed by atoms with Crippen LogP contribution in [-0.4, -0.2) is 0 Å². The first-order valence-corrected chi connectivity index (χ1v) is 9.70. The predicted molar refractivity (Wildman–Crippen MR) is 108 cm³/mol. The van der Waals surface area contributed by atoms with Crippen LogP contribution in [0.15, 0.2) is 30.4 Å². The Bertz CT molecular complexity index is 877. The lowest BCUT2D eigenvalue weighted by Gasteiger charge is -2.40. The third-order valence-corrected chi connectivity index (χ3v) is 6.63. The number of allylic oxidation sites excluding steroid dienone is 2. The van der Waals surface area contributed by atoms with Crippen LogP contribution in [0.4, 0.5) is 5.69 Å². The molecule has 1 aliphatic heterocycles. The summed E-state index contributed by atoms with van der Waals surface area (Å²) >= 11 is 19.4. The van der Waals surface area contributed by atoms with Gasteiger partial charge in [0.2, 0.25) is 0 Å². The molecule has 2 aliphatic rings. The maximum atomic E-state index is 6.56. The van der Waals surface area contributed by atoms with Gasteiger partial charge in [-0.3, -0.25) is 0 Å². The van der Waals surface area contributed by atoms with Crippen LogP contribution in [0, 0.1) is 26.7 Å². The predicted octanol–water partition coefficient (Wildman–Crippen LogP) is 7.40. The summed E-state index contributed by atoms with van der Waals surface area (Å²) in [5.41, 5.74) is 7.27. The van der Waals surface area contributed by atoms with E-state index >= 15 is 0 Å². The zero-order chi connectivity index (χ0) is 17.9. The Balaban J connectivity index is 1.91. The topological polar surface area (TPSA) is 12.0 Å². The molecule has 130 valence electrons.